The molecule has 4 rings (SSSR count). The second-order valence-electron chi connectivity index (χ2n) is 7.86. The fourth-order valence-corrected chi connectivity index (χ4v) is 5.94. The molecule has 1 atom stereocenters. The van der Waals surface area contributed by atoms with Gasteiger partial charge in [-0.15, -0.1) is 15.3 Å². The molecule has 1 unspecified atom stereocenters. The summed E-state index contributed by atoms with van der Waals surface area (Å²) >= 11 is 4.15. The molecule has 13 nitrogen and oxygen atoms in total. The van der Waals surface area contributed by atoms with Crippen LogP contribution in [0.3, 0.4) is 0 Å². The molecule has 0 aliphatic heterocycles. The third kappa shape index (κ3) is 8.17. The number of hydrogen-bond acceptors (Lipinski definition) is 12. The molecule has 0 saturated carbocycles. The van der Waals surface area contributed by atoms with Crippen molar-refractivity contribution in [3.63, 3.8) is 0 Å². The molecular weight excluding hydrogens is 563 g/mol. The highest BCUT2D eigenvalue weighted by Gasteiger charge is 2.21. The lowest BCUT2D eigenvalue weighted by molar-refractivity contribution is -0.384. The van der Waals surface area contributed by atoms with Gasteiger partial charge in [0.2, 0.25) is 5.13 Å². The third-order valence-electron chi connectivity index (χ3n) is 4.95. The number of thioether (sulfide) groups is 1. The number of amidine groups is 1. The van der Waals surface area contributed by atoms with E-state index in [4.69, 9.17) is 10.1 Å². The Hall–Kier alpha value is -4.15. The summed E-state index contributed by atoms with van der Waals surface area (Å²) in [6, 6.07) is 12.4. The minimum atomic E-state index is -0.499. The Morgan fingerprint density at radius 2 is 1.72 bits per heavy atom. The summed E-state index contributed by atoms with van der Waals surface area (Å²) in [5, 5.41) is 45.4. The van der Waals surface area contributed by atoms with Gasteiger partial charge in [-0.3, -0.25) is 20.8 Å². The second kappa shape index (κ2) is 13.1. The number of benzene rings is 2. The van der Waals surface area contributed by atoms with Gasteiger partial charge in [-0.25, -0.2) is 4.79 Å². The van der Waals surface area contributed by atoms with Gasteiger partial charge in [-0.05, 0) is 36.9 Å². The normalized spacial score (nSPS) is 11.4. The van der Waals surface area contributed by atoms with Crippen LogP contribution in [0.1, 0.15) is 27.8 Å². The molecular formula is C23H23N9O4S3. The highest BCUT2D eigenvalue weighted by atomic mass is 32.2. The van der Waals surface area contributed by atoms with Crippen LogP contribution in [0.4, 0.5) is 27.0 Å². The number of hydrogen-bond donors (Lipinski definition) is 4. The van der Waals surface area contributed by atoms with Gasteiger partial charge in [0.15, 0.2) is 0 Å². The van der Waals surface area contributed by atoms with Crippen molar-refractivity contribution in [2.75, 3.05) is 21.7 Å². The lowest BCUT2D eigenvalue weighted by Gasteiger charge is -2.10. The van der Waals surface area contributed by atoms with Crippen molar-refractivity contribution in [3.8, 4) is 5.19 Å². The van der Waals surface area contributed by atoms with E-state index in [1.807, 2.05) is 38.1 Å². The predicted octanol–water partition coefficient (Wildman–Crippen LogP) is 5.71. The zero-order valence-corrected chi connectivity index (χ0v) is 23.2. The maximum absolute atomic E-state index is 12.3. The van der Waals surface area contributed by atoms with Crippen molar-refractivity contribution >= 4 is 68.7 Å². The summed E-state index contributed by atoms with van der Waals surface area (Å²) in [6.45, 7) is 4.01. The number of nitrogens with one attached hydrogen (secondary N) is 4. The van der Waals surface area contributed by atoms with Gasteiger partial charge in [0.05, 0.1) is 10.2 Å². The Labute approximate surface area is 235 Å². The van der Waals surface area contributed by atoms with Crippen molar-refractivity contribution in [3.05, 3.63) is 74.2 Å². The zero-order valence-electron chi connectivity index (χ0n) is 20.7. The maximum atomic E-state index is 12.3. The minimum Gasteiger partial charge on any atom is -0.396 e. The molecule has 0 bridgehead atoms. The number of non-ortho nitro benzene ring substituents is 1. The number of carbonyl (C=O) groups is 1. The van der Waals surface area contributed by atoms with Crippen LogP contribution in [-0.4, -0.2) is 43.1 Å². The molecule has 4 aromatic rings. The average Bonchev–Trinajstić information content (AvgIpc) is 3.55. The van der Waals surface area contributed by atoms with Crippen molar-refractivity contribution in [1.29, 1.82) is 5.41 Å². The Morgan fingerprint density at radius 3 is 2.41 bits per heavy atom. The molecule has 2 heterocycles. The fourth-order valence-electron chi connectivity index (χ4n) is 3.16. The highest BCUT2D eigenvalue weighted by Crippen LogP contribution is 2.36. The number of nitro benzene ring substituents is 1. The van der Waals surface area contributed by atoms with Crippen molar-refractivity contribution in [1.82, 2.24) is 20.4 Å². The Morgan fingerprint density at radius 1 is 1.03 bits per heavy atom. The third-order valence-corrected chi connectivity index (χ3v) is 8.00. The van der Waals surface area contributed by atoms with Gasteiger partial charge in [-0.1, -0.05) is 52.4 Å². The monoisotopic (exact) mass is 585 g/mol. The van der Waals surface area contributed by atoms with Crippen molar-refractivity contribution in [2.24, 2.45) is 0 Å². The van der Waals surface area contributed by atoms with Gasteiger partial charge < -0.3 is 15.4 Å². The number of ether oxygens (including phenoxy) is 1. The van der Waals surface area contributed by atoms with Gasteiger partial charge >= 0.3 is 11.2 Å². The molecule has 39 heavy (non-hydrogen) atoms. The SMILES string of the molecule is CCSC(Cc1nnc(OC(=N)Nc2ccc([N+](=O)[O-])cc2)s1)c1nnc(NC(=O)Nc2ccc(C)cc2)s1. The zero-order chi connectivity index (χ0) is 27.8. The van der Waals surface area contributed by atoms with Crippen LogP contribution in [0.2, 0.25) is 0 Å². The second-order valence-corrected chi connectivity index (χ2v) is 11.4. The molecule has 2 aromatic heterocycles. The number of aryl methyl sites for hydroxylation is 1. The van der Waals surface area contributed by atoms with Crippen molar-refractivity contribution in [2.45, 2.75) is 25.5 Å². The summed E-state index contributed by atoms with van der Waals surface area (Å²) < 4.78 is 5.42. The number of nitrogens with zero attached hydrogens (tertiary/aromatic N) is 5. The lowest BCUT2D eigenvalue weighted by atomic mass is 10.2. The van der Waals surface area contributed by atoms with E-state index in [9.17, 15) is 14.9 Å². The van der Waals surface area contributed by atoms with E-state index in [0.29, 0.717) is 27.9 Å². The molecule has 0 radical (unpaired) electrons. The van der Waals surface area contributed by atoms with Gasteiger partial charge in [-0.2, -0.15) is 11.8 Å². The molecule has 2 aromatic carbocycles. The molecule has 0 saturated heterocycles. The molecule has 2 amide bonds. The Bertz CT molecular complexity index is 1440. The summed E-state index contributed by atoms with van der Waals surface area (Å²) in [7, 11) is 0. The topological polar surface area (TPSA) is 181 Å². The largest absolute Gasteiger partial charge is 0.396 e. The molecule has 4 N–H and O–H groups in total. The number of anilines is 3. The van der Waals surface area contributed by atoms with Crippen molar-refractivity contribution < 1.29 is 14.5 Å². The summed E-state index contributed by atoms with van der Waals surface area (Å²) in [5.41, 5.74) is 2.18. The van der Waals surface area contributed by atoms with Crippen LogP contribution in [0.5, 0.6) is 5.19 Å². The maximum Gasteiger partial charge on any atom is 0.325 e. The van der Waals surface area contributed by atoms with Crippen LogP contribution in [0.25, 0.3) is 0 Å². The minimum absolute atomic E-state index is 0.0508. The van der Waals surface area contributed by atoms with E-state index in [0.717, 1.165) is 16.3 Å². The molecule has 202 valence electrons. The predicted molar refractivity (Wildman–Crippen MR) is 153 cm³/mol. The Kier molecular flexibility index (Phi) is 9.35. The first-order valence-corrected chi connectivity index (χ1v) is 14.2. The number of aromatic nitrogens is 4. The standard InChI is InChI=1S/C23H23N9O4S3/c1-3-37-17(19-29-30-22(39-19)27-21(33)26-15-6-4-13(2)5-7-15)12-18-28-31-23(38-18)36-20(24)25-14-8-10-16(11-9-14)32(34)35/h4-11,17H,3,12H2,1-2H3,(H2,24,25)(H2,26,27,30,33). The fraction of sp³-hybridized carbons (Fsp3) is 0.217. The first-order valence-electron chi connectivity index (χ1n) is 11.5. The van der Waals surface area contributed by atoms with E-state index in [1.54, 1.807) is 11.8 Å². The summed E-state index contributed by atoms with van der Waals surface area (Å²) in [5.74, 6) is 0.826. The molecule has 0 aliphatic carbocycles. The van der Waals surface area contributed by atoms with Crippen LogP contribution in [0.15, 0.2) is 48.5 Å². The molecule has 16 heteroatoms. The average molecular weight is 586 g/mol. The molecule has 0 aliphatic rings. The van der Waals surface area contributed by atoms with Gasteiger partial charge in [0, 0.05) is 29.9 Å². The first kappa shape index (κ1) is 27.9. The molecule has 0 fully saturated rings. The summed E-state index contributed by atoms with van der Waals surface area (Å²) in [4.78, 5) is 22.6. The lowest BCUT2D eigenvalue weighted by Crippen LogP contribution is -2.19. The van der Waals surface area contributed by atoms with E-state index in [-0.39, 0.29) is 22.2 Å². The number of nitro groups is 1. The number of rotatable bonds is 10. The van der Waals surface area contributed by atoms with Crippen LogP contribution >= 0.6 is 34.4 Å². The first-order chi connectivity index (χ1) is 18.8. The number of carbonyl (C=O) groups excluding carboxylic acids is 1. The van der Waals surface area contributed by atoms with E-state index < -0.39 is 11.0 Å². The molecule has 0 spiro atoms. The van der Waals surface area contributed by atoms with Crippen LogP contribution in [0, 0.1) is 22.4 Å². The smallest absolute Gasteiger partial charge is 0.325 e. The van der Waals surface area contributed by atoms with Crippen LogP contribution in [-0.2, 0) is 6.42 Å². The van der Waals surface area contributed by atoms with Crippen LogP contribution < -0.4 is 20.7 Å². The highest BCUT2D eigenvalue weighted by molar-refractivity contribution is 7.99. The van der Waals surface area contributed by atoms with E-state index in [2.05, 4.69) is 36.3 Å². The van der Waals surface area contributed by atoms with Gasteiger partial charge in [0.1, 0.15) is 10.0 Å². The van der Waals surface area contributed by atoms with Gasteiger partial charge in [0.25, 0.3) is 11.7 Å². The Balaban J connectivity index is 1.32. The number of urea groups is 1. The van der Waals surface area contributed by atoms with E-state index in [1.165, 1.54) is 46.9 Å². The van der Waals surface area contributed by atoms with E-state index >= 15 is 0 Å². The quantitative estimate of drug-likeness (QED) is 0.0778. The summed E-state index contributed by atoms with van der Waals surface area (Å²) in [6.07, 6.45) is 0.507. The number of amides is 2.